The normalized spacial score (nSPS) is 31.7. The van der Waals surface area contributed by atoms with Gasteiger partial charge in [-0.25, -0.2) is 0 Å². The first-order valence-corrected chi connectivity index (χ1v) is 8.51. The van der Waals surface area contributed by atoms with Crippen molar-refractivity contribution in [2.45, 2.75) is 51.0 Å². The molecule has 4 nitrogen and oxygen atoms in total. The van der Waals surface area contributed by atoms with Gasteiger partial charge in [0.25, 0.3) is 0 Å². The van der Waals surface area contributed by atoms with Crippen LogP contribution in [-0.4, -0.2) is 23.0 Å². The molecule has 0 unspecified atom stereocenters. The number of carboxylic acid groups (broad SMARTS) is 1. The Morgan fingerprint density at radius 2 is 2.00 bits per heavy atom. The molecule has 0 spiro atoms. The van der Waals surface area contributed by atoms with Crippen molar-refractivity contribution in [2.75, 3.05) is 0 Å². The first kappa shape index (κ1) is 14.6. The van der Waals surface area contributed by atoms with E-state index < -0.39 is 5.97 Å². The highest BCUT2D eigenvalue weighted by atomic mass is 32.1. The molecule has 2 atom stereocenters. The van der Waals surface area contributed by atoms with Crippen molar-refractivity contribution < 1.29 is 14.7 Å². The van der Waals surface area contributed by atoms with E-state index >= 15 is 0 Å². The number of hydrogen-bond acceptors (Lipinski definition) is 3. The van der Waals surface area contributed by atoms with Gasteiger partial charge in [0.1, 0.15) is 0 Å². The van der Waals surface area contributed by atoms with Crippen LogP contribution in [0.25, 0.3) is 0 Å². The fraction of sp³-hybridized carbons (Fsp3) is 0.625. The molecule has 2 aliphatic carbocycles. The molecule has 1 aromatic heterocycles. The minimum atomic E-state index is -0.699. The fourth-order valence-electron chi connectivity index (χ4n) is 3.33. The SMILES string of the molecule is Cc1ccsc1[C@@H]1C[C@H]1C(=O)NC1CCC(C(=O)O)CC1. The van der Waals surface area contributed by atoms with Crippen LogP contribution in [0.3, 0.4) is 0 Å². The van der Waals surface area contributed by atoms with Crippen molar-refractivity contribution in [1.29, 1.82) is 0 Å². The van der Waals surface area contributed by atoms with E-state index in [9.17, 15) is 9.59 Å². The molecule has 0 aliphatic heterocycles. The Balaban J connectivity index is 1.48. The van der Waals surface area contributed by atoms with E-state index in [1.54, 1.807) is 11.3 Å². The van der Waals surface area contributed by atoms with Crippen LogP contribution in [0.15, 0.2) is 11.4 Å². The highest BCUT2D eigenvalue weighted by Crippen LogP contribution is 2.50. The summed E-state index contributed by atoms with van der Waals surface area (Å²) in [4.78, 5) is 24.6. The van der Waals surface area contributed by atoms with Gasteiger partial charge in [0, 0.05) is 22.8 Å². The average molecular weight is 307 g/mol. The number of aryl methyl sites for hydroxylation is 1. The standard InChI is InChI=1S/C16H21NO3S/c1-9-6-7-21-14(9)12-8-13(12)15(18)17-11-4-2-10(3-5-11)16(19)20/h6-7,10-13H,2-5,8H2,1H3,(H,17,18)(H,19,20)/t10?,11?,12-,13-/m1/s1. The third-order valence-corrected chi connectivity index (χ3v) is 5.94. The Labute approximate surface area is 128 Å². The smallest absolute Gasteiger partial charge is 0.306 e. The fourth-order valence-corrected chi connectivity index (χ4v) is 4.44. The number of thiophene rings is 1. The Morgan fingerprint density at radius 3 is 2.57 bits per heavy atom. The van der Waals surface area contributed by atoms with Gasteiger partial charge < -0.3 is 10.4 Å². The van der Waals surface area contributed by atoms with Crippen molar-refractivity contribution in [2.24, 2.45) is 11.8 Å². The number of nitrogens with one attached hydrogen (secondary N) is 1. The van der Waals surface area contributed by atoms with E-state index in [1.165, 1.54) is 10.4 Å². The van der Waals surface area contributed by atoms with Crippen LogP contribution in [0.2, 0.25) is 0 Å². The molecule has 0 bridgehead atoms. The minimum Gasteiger partial charge on any atom is -0.481 e. The number of amides is 1. The predicted molar refractivity (Wildman–Crippen MR) is 81.4 cm³/mol. The lowest BCUT2D eigenvalue weighted by Gasteiger charge is -2.26. The molecule has 21 heavy (non-hydrogen) atoms. The van der Waals surface area contributed by atoms with E-state index in [0.29, 0.717) is 18.8 Å². The zero-order valence-corrected chi connectivity index (χ0v) is 13.0. The zero-order valence-electron chi connectivity index (χ0n) is 12.2. The molecule has 3 rings (SSSR count). The van der Waals surface area contributed by atoms with Gasteiger partial charge in [-0.15, -0.1) is 11.3 Å². The predicted octanol–water partition coefficient (Wildman–Crippen LogP) is 2.92. The van der Waals surface area contributed by atoms with Gasteiger partial charge in [-0.2, -0.15) is 0 Å². The molecule has 0 aromatic carbocycles. The number of carboxylic acids is 1. The molecule has 1 heterocycles. The highest BCUT2D eigenvalue weighted by molar-refractivity contribution is 7.10. The average Bonchev–Trinajstić information content (AvgIpc) is 3.14. The second-order valence-electron chi connectivity index (χ2n) is 6.31. The molecule has 5 heteroatoms. The summed E-state index contributed by atoms with van der Waals surface area (Å²) in [5.41, 5.74) is 1.29. The summed E-state index contributed by atoms with van der Waals surface area (Å²) in [5.74, 6) is -0.234. The summed E-state index contributed by atoms with van der Waals surface area (Å²) < 4.78 is 0. The molecule has 2 fully saturated rings. The largest absolute Gasteiger partial charge is 0.481 e. The van der Waals surface area contributed by atoms with Gasteiger partial charge in [-0.1, -0.05) is 0 Å². The molecule has 2 N–H and O–H groups in total. The maximum atomic E-state index is 12.3. The molecule has 1 amide bonds. The quantitative estimate of drug-likeness (QED) is 0.899. The lowest BCUT2D eigenvalue weighted by atomic mass is 9.86. The minimum absolute atomic E-state index is 0.125. The third kappa shape index (κ3) is 3.12. The number of hydrogen-bond donors (Lipinski definition) is 2. The lowest BCUT2D eigenvalue weighted by molar-refractivity contribution is -0.142. The van der Waals surface area contributed by atoms with Crippen LogP contribution in [0, 0.1) is 18.8 Å². The maximum Gasteiger partial charge on any atom is 0.306 e. The van der Waals surface area contributed by atoms with Gasteiger partial charge >= 0.3 is 5.97 Å². The van der Waals surface area contributed by atoms with E-state index in [4.69, 9.17) is 5.11 Å². The lowest BCUT2D eigenvalue weighted by Crippen LogP contribution is -2.39. The molecule has 1 aromatic rings. The molecule has 2 saturated carbocycles. The molecule has 0 radical (unpaired) electrons. The van der Waals surface area contributed by atoms with Crippen molar-refractivity contribution in [3.8, 4) is 0 Å². The number of aliphatic carboxylic acids is 1. The summed E-state index contributed by atoms with van der Waals surface area (Å²) in [6.45, 7) is 2.10. The maximum absolute atomic E-state index is 12.3. The van der Waals surface area contributed by atoms with E-state index in [1.807, 2.05) is 0 Å². The van der Waals surface area contributed by atoms with E-state index in [0.717, 1.165) is 19.3 Å². The Morgan fingerprint density at radius 1 is 1.29 bits per heavy atom. The molecular weight excluding hydrogens is 286 g/mol. The second-order valence-corrected chi connectivity index (χ2v) is 7.26. The van der Waals surface area contributed by atoms with Gasteiger partial charge in [0.2, 0.25) is 5.91 Å². The molecule has 2 aliphatic rings. The van der Waals surface area contributed by atoms with Gasteiger partial charge in [-0.3, -0.25) is 9.59 Å². The van der Waals surface area contributed by atoms with Crippen molar-refractivity contribution >= 4 is 23.2 Å². The van der Waals surface area contributed by atoms with Crippen LogP contribution >= 0.6 is 11.3 Å². The second kappa shape index (κ2) is 5.79. The van der Waals surface area contributed by atoms with Crippen molar-refractivity contribution in [3.05, 3.63) is 21.9 Å². The number of rotatable bonds is 4. The summed E-state index contributed by atoms with van der Waals surface area (Å²) in [6, 6.07) is 2.28. The third-order valence-electron chi connectivity index (χ3n) is 4.79. The van der Waals surface area contributed by atoms with Crippen LogP contribution in [0.4, 0.5) is 0 Å². The summed E-state index contributed by atoms with van der Waals surface area (Å²) in [7, 11) is 0. The van der Waals surface area contributed by atoms with Crippen molar-refractivity contribution in [1.82, 2.24) is 5.32 Å². The molecule has 0 saturated heterocycles. The van der Waals surface area contributed by atoms with Crippen LogP contribution in [0.5, 0.6) is 0 Å². The monoisotopic (exact) mass is 307 g/mol. The Kier molecular flexibility index (Phi) is 4.02. The highest BCUT2D eigenvalue weighted by Gasteiger charge is 2.45. The van der Waals surface area contributed by atoms with Crippen molar-refractivity contribution in [3.63, 3.8) is 0 Å². The number of carbonyl (C=O) groups excluding carboxylic acids is 1. The Hall–Kier alpha value is -1.36. The van der Waals surface area contributed by atoms with Gasteiger partial charge in [0.15, 0.2) is 0 Å². The number of carbonyl (C=O) groups is 2. The topological polar surface area (TPSA) is 66.4 Å². The van der Waals surface area contributed by atoms with E-state index in [-0.39, 0.29) is 23.8 Å². The van der Waals surface area contributed by atoms with Crippen LogP contribution in [0.1, 0.15) is 48.5 Å². The van der Waals surface area contributed by atoms with E-state index in [2.05, 4.69) is 23.7 Å². The first-order chi connectivity index (χ1) is 10.1. The van der Waals surface area contributed by atoms with Gasteiger partial charge in [-0.05, 0) is 56.0 Å². The Bertz CT molecular complexity index is 545. The van der Waals surface area contributed by atoms with Crippen LogP contribution in [-0.2, 0) is 9.59 Å². The molecule has 114 valence electrons. The summed E-state index contributed by atoms with van der Waals surface area (Å²) in [6.07, 6.45) is 3.89. The zero-order chi connectivity index (χ0) is 15.0. The molecular formula is C16H21NO3S. The summed E-state index contributed by atoms with van der Waals surface area (Å²) >= 11 is 1.75. The first-order valence-electron chi connectivity index (χ1n) is 7.63. The van der Waals surface area contributed by atoms with Crippen LogP contribution < -0.4 is 5.32 Å². The summed E-state index contributed by atoms with van der Waals surface area (Å²) in [5, 5.41) is 14.2. The van der Waals surface area contributed by atoms with Gasteiger partial charge in [0.05, 0.1) is 5.92 Å².